The zero-order valence-electron chi connectivity index (χ0n) is 11.0. The highest BCUT2D eigenvalue weighted by atomic mass is 16.5. The number of hydrogen-bond donors (Lipinski definition) is 2. The molecule has 0 saturated heterocycles. The molecule has 3 nitrogen and oxygen atoms in total. The normalized spacial score (nSPS) is 16.9. The molecular weight excluding hydrogens is 212 g/mol. The average molecular weight is 234 g/mol. The fraction of sp³-hybridized carbons (Fsp3) is 0.571. The van der Waals surface area contributed by atoms with Gasteiger partial charge in [-0.2, -0.15) is 0 Å². The van der Waals surface area contributed by atoms with Crippen molar-refractivity contribution >= 4 is 0 Å². The Morgan fingerprint density at radius 3 is 2.59 bits per heavy atom. The number of nitrogens with two attached hydrogens (primary N) is 1. The Morgan fingerprint density at radius 1 is 1.29 bits per heavy atom. The highest BCUT2D eigenvalue weighted by Crippen LogP contribution is 2.31. The van der Waals surface area contributed by atoms with Gasteiger partial charge >= 0.3 is 0 Å². The van der Waals surface area contributed by atoms with Gasteiger partial charge in [-0.05, 0) is 49.4 Å². The van der Waals surface area contributed by atoms with Crippen LogP contribution in [0.5, 0.6) is 5.75 Å². The monoisotopic (exact) mass is 234 g/mol. The second-order valence-corrected chi connectivity index (χ2v) is 5.21. The molecule has 0 aromatic heterocycles. The first-order valence-corrected chi connectivity index (χ1v) is 6.18. The summed E-state index contributed by atoms with van der Waals surface area (Å²) in [6.45, 7) is 5.99. The van der Waals surface area contributed by atoms with Crippen molar-refractivity contribution in [3.8, 4) is 5.75 Å². The maximum Gasteiger partial charge on any atom is 0.122 e. The summed E-state index contributed by atoms with van der Waals surface area (Å²) in [4.78, 5) is 0. The van der Waals surface area contributed by atoms with Crippen molar-refractivity contribution in [1.82, 2.24) is 5.32 Å². The van der Waals surface area contributed by atoms with Crippen molar-refractivity contribution in [3.63, 3.8) is 0 Å². The van der Waals surface area contributed by atoms with Crippen LogP contribution < -0.4 is 15.8 Å². The molecule has 0 amide bonds. The third-order valence-corrected chi connectivity index (χ3v) is 3.54. The maximum atomic E-state index is 6.04. The second kappa shape index (κ2) is 4.67. The van der Waals surface area contributed by atoms with Crippen molar-refractivity contribution in [3.05, 3.63) is 28.8 Å². The number of hydrogen-bond acceptors (Lipinski definition) is 3. The van der Waals surface area contributed by atoms with E-state index in [2.05, 4.69) is 31.3 Å². The molecule has 0 heterocycles. The van der Waals surface area contributed by atoms with E-state index in [4.69, 9.17) is 10.5 Å². The molecule has 0 aliphatic heterocycles. The summed E-state index contributed by atoms with van der Waals surface area (Å²) < 4.78 is 5.31. The lowest BCUT2D eigenvalue weighted by molar-refractivity contribution is 0.411. The van der Waals surface area contributed by atoms with Crippen LogP contribution in [0.1, 0.15) is 29.5 Å². The SMILES string of the molecule is COc1cc(C)c(CNCC2(N)CC2)cc1C. The van der Waals surface area contributed by atoms with E-state index < -0.39 is 0 Å². The summed E-state index contributed by atoms with van der Waals surface area (Å²) in [5.41, 5.74) is 9.90. The minimum atomic E-state index is 0.0788. The molecule has 0 spiro atoms. The van der Waals surface area contributed by atoms with Gasteiger partial charge < -0.3 is 15.8 Å². The first-order valence-electron chi connectivity index (χ1n) is 6.18. The fourth-order valence-corrected chi connectivity index (χ4v) is 2.04. The molecule has 0 bridgehead atoms. The molecule has 0 radical (unpaired) electrons. The molecule has 1 fully saturated rings. The van der Waals surface area contributed by atoms with Crippen LogP contribution in [0.2, 0.25) is 0 Å². The van der Waals surface area contributed by atoms with Crippen LogP contribution in [0.25, 0.3) is 0 Å². The van der Waals surface area contributed by atoms with Gasteiger partial charge in [0.25, 0.3) is 0 Å². The van der Waals surface area contributed by atoms with Gasteiger partial charge in [-0.3, -0.25) is 0 Å². The molecule has 3 N–H and O–H groups in total. The van der Waals surface area contributed by atoms with Gasteiger partial charge in [0.1, 0.15) is 5.75 Å². The Hall–Kier alpha value is -1.06. The maximum absolute atomic E-state index is 6.04. The zero-order valence-corrected chi connectivity index (χ0v) is 11.0. The Labute approximate surface area is 103 Å². The van der Waals surface area contributed by atoms with Crippen LogP contribution in [0.4, 0.5) is 0 Å². The summed E-state index contributed by atoms with van der Waals surface area (Å²) in [5, 5.41) is 3.44. The van der Waals surface area contributed by atoms with Gasteiger partial charge in [-0.25, -0.2) is 0 Å². The first-order chi connectivity index (χ1) is 8.04. The number of methoxy groups -OCH3 is 1. The number of benzene rings is 1. The number of aryl methyl sites for hydroxylation is 2. The number of ether oxygens (including phenoxy) is 1. The van der Waals surface area contributed by atoms with E-state index in [1.165, 1.54) is 16.7 Å². The predicted octanol–water partition coefficient (Wildman–Crippen LogP) is 1.89. The lowest BCUT2D eigenvalue weighted by atomic mass is 10.0. The number of nitrogens with one attached hydrogen (secondary N) is 1. The Morgan fingerprint density at radius 2 is 2.00 bits per heavy atom. The third kappa shape index (κ3) is 2.99. The van der Waals surface area contributed by atoms with E-state index >= 15 is 0 Å². The van der Waals surface area contributed by atoms with E-state index in [1.807, 2.05) is 0 Å². The smallest absolute Gasteiger partial charge is 0.122 e. The number of rotatable bonds is 5. The lowest BCUT2D eigenvalue weighted by Crippen LogP contribution is -2.35. The molecule has 3 heteroatoms. The van der Waals surface area contributed by atoms with E-state index in [9.17, 15) is 0 Å². The highest BCUT2D eigenvalue weighted by molar-refractivity contribution is 5.41. The van der Waals surface area contributed by atoms with Gasteiger partial charge in [0.2, 0.25) is 0 Å². The molecule has 0 unspecified atom stereocenters. The first kappa shape index (κ1) is 12.4. The summed E-state index contributed by atoms with van der Waals surface area (Å²) in [5.74, 6) is 0.962. The van der Waals surface area contributed by atoms with Crippen LogP contribution in [-0.2, 0) is 6.54 Å². The molecule has 1 aromatic carbocycles. The zero-order chi connectivity index (χ0) is 12.5. The van der Waals surface area contributed by atoms with Crippen LogP contribution in [0, 0.1) is 13.8 Å². The molecule has 1 saturated carbocycles. The van der Waals surface area contributed by atoms with E-state index in [0.717, 1.165) is 31.7 Å². The van der Waals surface area contributed by atoms with E-state index in [0.29, 0.717) is 0 Å². The Balaban J connectivity index is 1.97. The van der Waals surface area contributed by atoms with E-state index in [-0.39, 0.29) is 5.54 Å². The van der Waals surface area contributed by atoms with Crippen molar-refractivity contribution in [2.45, 2.75) is 38.8 Å². The van der Waals surface area contributed by atoms with Crippen LogP contribution in [-0.4, -0.2) is 19.2 Å². The standard InChI is InChI=1S/C14H22N2O/c1-10-7-13(17-3)11(2)6-12(10)8-16-9-14(15)4-5-14/h6-7,16H,4-5,8-9,15H2,1-3H3. The van der Waals surface area contributed by atoms with Gasteiger partial charge in [0.05, 0.1) is 7.11 Å². The lowest BCUT2D eigenvalue weighted by Gasteiger charge is -2.14. The molecular formula is C14H22N2O. The molecule has 94 valence electrons. The molecule has 1 aliphatic rings. The van der Waals surface area contributed by atoms with Gasteiger partial charge in [0.15, 0.2) is 0 Å². The van der Waals surface area contributed by atoms with Crippen molar-refractivity contribution in [2.75, 3.05) is 13.7 Å². The largest absolute Gasteiger partial charge is 0.496 e. The summed E-state index contributed by atoms with van der Waals surface area (Å²) in [7, 11) is 1.71. The average Bonchev–Trinajstić information content (AvgIpc) is 3.01. The summed E-state index contributed by atoms with van der Waals surface area (Å²) in [6.07, 6.45) is 2.31. The van der Waals surface area contributed by atoms with Crippen molar-refractivity contribution < 1.29 is 4.74 Å². The molecule has 0 atom stereocenters. The predicted molar refractivity (Wildman–Crippen MR) is 70.3 cm³/mol. The van der Waals surface area contributed by atoms with E-state index in [1.54, 1.807) is 7.11 Å². The minimum absolute atomic E-state index is 0.0788. The minimum Gasteiger partial charge on any atom is -0.496 e. The van der Waals surface area contributed by atoms with Crippen molar-refractivity contribution in [2.24, 2.45) is 5.73 Å². The summed E-state index contributed by atoms with van der Waals surface area (Å²) in [6, 6.07) is 4.29. The Bertz CT molecular complexity index is 411. The van der Waals surface area contributed by atoms with Gasteiger partial charge in [0, 0.05) is 18.6 Å². The van der Waals surface area contributed by atoms with Crippen molar-refractivity contribution in [1.29, 1.82) is 0 Å². The van der Waals surface area contributed by atoms with Crippen LogP contribution in [0.3, 0.4) is 0 Å². The molecule has 1 aliphatic carbocycles. The second-order valence-electron chi connectivity index (χ2n) is 5.21. The fourth-order valence-electron chi connectivity index (χ4n) is 2.04. The third-order valence-electron chi connectivity index (χ3n) is 3.54. The Kier molecular flexibility index (Phi) is 3.40. The topological polar surface area (TPSA) is 47.3 Å². The van der Waals surface area contributed by atoms with Crippen LogP contribution in [0.15, 0.2) is 12.1 Å². The highest BCUT2D eigenvalue weighted by Gasteiger charge is 2.37. The van der Waals surface area contributed by atoms with Gasteiger partial charge in [-0.15, -0.1) is 0 Å². The molecule has 1 aromatic rings. The van der Waals surface area contributed by atoms with Crippen LogP contribution >= 0.6 is 0 Å². The quantitative estimate of drug-likeness (QED) is 0.818. The molecule has 2 rings (SSSR count). The molecule has 17 heavy (non-hydrogen) atoms. The van der Waals surface area contributed by atoms with Gasteiger partial charge in [-0.1, -0.05) is 6.07 Å². The summed E-state index contributed by atoms with van der Waals surface area (Å²) >= 11 is 0.